The van der Waals surface area contributed by atoms with Gasteiger partial charge in [-0.3, -0.25) is 38.4 Å². The molecular weight excluding hydrogens is 1230 g/mol. The van der Waals surface area contributed by atoms with Gasteiger partial charge in [-0.05, 0) is 67.4 Å². The van der Waals surface area contributed by atoms with Gasteiger partial charge in [0.05, 0.1) is 37.4 Å². The van der Waals surface area contributed by atoms with Crippen LogP contribution in [0.1, 0.15) is 87.7 Å². The number of nitrogens with two attached hydrogens (primary N) is 1. The van der Waals surface area contributed by atoms with Crippen molar-refractivity contribution in [1.82, 2.24) is 46.6 Å². The standard InChI is InChI=1S/C56H72N10O22S2/c1-4-5-6-7-18-85-32-15-12-29(13-16-32)54-64-63-53(89-54)28-10-8-27(9-11-28)47(76)58-33-21-37(71)50(79)62-52(81)43-44(73)25(2)23-66(43)56(83)41(36(70)22-39(57)72)60-51(80)42(46(75)45(74)30-14-17-35(69)38(19-30)86-90-88-87-84)61-49(78)34-20-31(68)24-65(34)55(82)40(26(3)67)59-48(33)77/h8-17,19,25-26,31,33-34,36-37,40-46,50,67-71,73-75,79,84H,4-7,18,20-24H2,1-3H3,(H2,57,72)(H,58,76)(H,59,77)(H,60,80)(H,61,78)(H,62,81)/t25?,26?,31?,33-,34?,36?,37?,40?,41?,42?,43?,44?,45?,46?,50?/m0/s1. The Balaban J connectivity index is 1.21. The van der Waals surface area contributed by atoms with Gasteiger partial charge in [-0.2, -0.15) is 0 Å². The number of ether oxygens (including phenoxy) is 1. The van der Waals surface area contributed by atoms with Crippen LogP contribution in [0.2, 0.25) is 0 Å². The first kappa shape index (κ1) is 69.8. The Morgan fingerprint density at radius 1 is 0.778 bits per heavy atom. The normalized spacial score (nSPS) is 26.1. The largest absolute Gasteiger partial charge is 0.504 e. The number of phenolic OH excluding ortho intramolecular Hbond substituents is 1. The van der Waals surface area contributed by atoms with Crippen molar-refractivity contribution < 1.29 is 108 Å². The summed E-state index contributed by atoms with van der Waals surface area (Å²) in [4.78, 5) is 115. The molecule has 3 aromatic carbocycles. The maximum absolute atomic E-state index is 14.7. The Kier molecular flexibility index (Phi) is 24.7. The number of hydrogen-bond acceptors (Lipinski definition) is 26. The number of carbonyl (C=O) groups excluding carboxylic acids is 8. The maximum atomic E-state index is 14.7. The minimum absolute atomic E-state index is 0.0359. The number of nitrogens with one attached hydrogen (secondary N) is 5. The molecule has 15 atom stereocenters. The van der Waals surface area contributed by atoms with Crippen molar-refractivity contribution in [3.63, 3.8) is 0 Å². The van der Waals surface area contributed by atoms with Crippen LogP contribution in [-0.2, 0) is 42.9 Å². The number of carbonyl (C=O) groups is 8. The SMILES string of the molecule is CCCCCCOc1ccc(-c2nnc(-c3ccc(C(=O)N[C@H]4CC(O)C(O)NC(=O)C5C(O)C(C)CN5C(=O)C(C(O)CC(N)=O)NC(=O)C(C(O)C(O)c5ccc(O)c(OSOOO)c5)NC(=O)C5CC(O)CN5C(=O)C(C(C)O)NC4=O)cc3)s2)cc1. The van der Waals surface area contributed by atoms with E-state index in [9.17, 15) is 84.3 Å². The van der Waals surface area contributed by atoms with Gasteiger partial charge in [0.1, 0.15) is 70.3 Å². The first-order valence-electron chi connectivity index (χ1n) is 28.5. The Bertz CT molecular complexity index is 3170. The number of fused-ring (bicyclic) bond motifs is 2. The van der Waals surface area contributed by atoms with Crippen LogP contribution >= 0.6 is 23.7 Å². The number of unbranched alkanes of at least 4 members (excludes halogenated alkanes) is 3. The van der Waals surface area contributed by atoms with E-state index in [2.05, 4.69) is 47.8 Å². The summed E-state index contributed by atoms with van der Waals surface area (Å²) in [6, 6.07) is 3.23. The summed E-state index contributed by atoms with van der Waals surface area (Å²) < 4.78 is 15.0. The van der Waals surface area contributed by atoms with Crippen LogP contribution in [0.25, 0.3) is 21.1 Å². The van der Waals surface area contributed by atoms with Gasteiger partial charge in [0, 0.05) is 48.5 Å². The number of amides is 8. The van der Waals surface area contributed by atoms with Crippen LogP contribution in [0.3, 0.4) is 0 Å². The molecule has 3 fully saturated rings. The average Bonchev–Trinajstić information content (AvgIpc) is 2.81. The van der Waals surface area contributed by atoms with Gasteiger partial charge in [-0.25, -0.2) is 5.26 Å². The summed E-state index contributed by atoms with van der Waals surface area (Å²) in [6.07, 6.45) is -15.4. The lowest BCUT2D eigenvalue weighted by atomic mass is 9.96. The lowest BCUT2D eigenvalue weighted by Crippen LogP contribution is -2.64. The number of rotatable bonds is 21. The van der Waals surface area contributed by atoms with Crippen molar-refractivity contribution in [3.05, 3.63) is 77.9 Å². The van der Waals surface area contributed by atoms with E-state index in [1.54, 1.807) is 0 Å². The van der Waals surface area contributed by atoms with E-state index in [-0.39, 0.29) is 23.5 Å². The van der Waals surface area contributed by atoms with Crippen LogP contribution in [0.5, 0.6) is 17.2 Å². The Hall–Kier alpha value is -7.71. The molecule has 0 radical (unpaired) electrons. The highest BCUT2D eigenvalue weighted by Crippen LogP contribution is 2.35. The number of aromatic hydroxyl groups is 1. The van der Waals surface area contributed by atoms with Gasteiger partial charge in [0.15, 0.2) is 17.7 Å². The highest BCUT2D eigenvalue weighted by Gasteiger charge is 2.51. The Morgan fingerprint density at radius 3 is 2.04 bits per heavy atom. The van der Waals surface area contributed by atoms with E-state index in [0.29, 0.717) is 37.7 Å². The Labute approximate surface area is 521 Å². The summed E-state index contributed by atoms with van der Waals surface area (Å²) in [5, 5.41) is 134. The summed E-state index contributed by atoms with van der Waals surface area (Å²) >= 11 is 1.22. The van der Waals surface area contributed by atoms with Crippen molar-refractivity contribution in [1.29, 1.82) is 0 Å². The molecule has 0 bridgehead atoms. The molecule has 7 rings (SSSR count). The maximum Gasteiger partial charge on any atom is 0.261 e. The van der Waals surface area contributed by atoms with Crippen LogP contribution in [0.15, 0.2) is 66.7 Å². The molecule has 1 aromatic heterocycles. The lowest BCUT2D eigenvalue weighted by Gasteiger charge is -2.34. The number of nitrogens with zero attached hydrogens (tertiary/aromatic N) is 4. The number of phenols is 1. The molecule has 32 nitrogen and oxygen atoms in total. The minimum atomic E-state index is -2.56. The molecule has 34 heteroatoms. The van der Waals surface area contributed by atoms with Crippen molar-refractivity contribution in [3.8, 4) is 38.4 Å². The third-order valence-electron chi connectivity index (χ3n) is 15.2. The monoisotopic (exact) mass is 1300 g/mol. The fourth-order valence-corrected chi connectivity index (χ4v) is 11.4. The molecule has 4 heterocycles. The summed E-state index contributed by atoms with van der Waals surface area (Å²) in [6.45, 7) is 3.93. The second-order valence-electron chi connectivity index (χ2n) is 21.9. The lowest BCUT2D eigenvalue weighted by molar-refractivity contribution is -0.433. The van der Waals surface area contributed by atoms with Gasteiger partial charge in [0.25, 0.3) is 18.2 Å². The first-order chi connectivity index (χ1) is 42.8. The van der Waals surface area contributed by atoms with E-state index >= 15 is 0 Å². The zero-order valence-electron chi connectivity index (χ0n) is 48.6. The molecule has 14 unspecified atom stereocenters. The molecule has 490 valence electrons. The van der Waals surface area contributed by atoms with Crippen LogP contribution in [0, 0.1) is 5.92 Å². The highest BCUT2D eigenvalue weighted by molar-refractivity contribution is 7.90. The number of aliphatic hydroxyl groups is 8. The smallest absolute Gasteiger partial charge is 0.261 e. The topological polar surface area (TPSA) is 494 Å². The highest BCUT2D eigenvalue weighted by atomic mass is 32.2. The van der Waals surface area contributed by atoms with Crippen molar-refractivity contribution in [2.45, 2.75) is 151 Å². The second-order valence-corrected chi connectivity index (χ2v) is 23.3. The van der Waals surface area contributed by atoms with E-state index in [1.165, 1.54) is 42.5 Å². The minimum Gasteiger partial charge on any atom is -0.504 e. The molecule has 3 aliphatic rings. The molecule has 0 aliphatic carbocycles. The third-order valence-corrected chi connectivity index (χ3v) is 16.6. The molecule has 90 heavy (non-hydrogen) atoms. The van der Waals surface area contributed by atoms with Gasteiger partial charge < -0.3 is 97.0 Å². The predicted molar refractivity (Wildman–Crippen MR) is 313 cm³/mol. The van der Waals surface area contributed by atoms with Gasteiger partial charge in [-0.1, -0.05) is 72.0 Å². The van der Waals surface area contributed by atoms with Crippen molar-refractivity contribution in [2.75, 3.05) is 19.7 Å². The van der Waals surface area contributed by atoms with Gasteiger partial charge in [-0.15, -0.1) is 10.2 Å². The van der Waals surface area contributed by atoms with Crippen LogP contribution in [-0.4, -0.2) is 217 Å². The molecule has 3 saturated heterocycles. The quantitative estimate of drug-likeness (QED) is 0.0178. The molecule has 8 amide bonds. The van der Waals surface area contributed by atoms with E-state index in [1.807, 2.05) is 29.6 Å². The predicted octanol–water partition coefficient (Wildman–Crippen LogP) is -2.47. The van der Waals surface area contributed by atoms with Crippen LogP contribution < -0.4 is 41.2 Å². The van der Waals surface area contributed by atoms with Crippen LogP contribution in [0.4, 0.5) is 0 Å². The van der Waals surface area contributed by atoms with Crippen molar-refractivity contribution in [2.24, 2.45) is 11.7 Å². The zero-order chi connectivity index (χ0) is 65.7. The zero-order valence-corrected chi connectivity index (χ0v) is 50.3. The van der Waals surface area contributed by atoms with E-state index in [4.69, 9.17) is 19.9 Å². The molecule has 0 saturated carbocycles. The first-order valence-corrected chi connectivity index (χ1v) is 30.0. The summed E-state index contributed by atoms with van der Waals surface area (Å²) in [7, 11) is 0. The van der Waals surface area contributed by atoms with E-state index in [0.717, 1.165) is 56.4 Å². The van der Waals surface area contributed by atoms with Gasteiger partial charge in [0.2, 0.25) is 41.4 Å². The number of benzene rings is 3. The summed E-state index contributed by atoms with van der Waals surface area (Å²) in [5.74, 6) is -12.0. The average molecular weight is 1300 g/mol. The Morgan fingerprint density at radius 2 is 1.41 bits per heavy atom. The van der Waals surface area contributed by atoms with E-state index < -0.39 is 182 Å². The number of aromatic nitrogens is 2. The van der Waals surface area contributed by atoms with Crippen molar-refractivity contribution >= 4 is 70.9 Å². The fourth-order valence-electron chi connectivity index (χ4n) is 10.3. The third kappa shape index (κ3) is 17.4. The number of aliphatic hydroxyl groups excluding tert-OH is 8. The fraction of sp³-hybridized carbons (Fsp3) is 0.500. The number of primary amides is 1. The molecule has 17 N–H and O–H groups in total. The molecule has 3 aliphatic heterocycles. The number of hydrogen-bond donors (Lipinski definition) is 16. The molecule has 0 spiro atoms. The van der Waals surface area contributed by atoms with Gasteiger partial charge >= 0.3 is 0 Å². The molecular formula is C56H72N10O22S2. The summed E-state index contributed by atoms with van der Waals surface area (Å²) in [5.41, 5.74) is 6.24. The second kappa shape index (κ2) is 31.8. The molecule has 4 aromatic rings.